The van der Waals surface area contributed by atoms with Gasteiger partial charge in [0.1, 0.15) is 0 Å². The van der Waals surface area contributed by atoms with E-state index in [9.17, 15) is 4.79 Å². The number of anilines is 2. The molecule has 2 fully saturated rings. The van der Waals surface area contributed by atoms with Gasteiger partial charge in [-0.05, 0) is 55.7 Å². The van der Waals surface area contributed by atoms with Crippen molar-refractivity contribution in [2.45, 2.75) is 25.8 Å². The van der Waals surface area contributed by atoms with Crippen molar-refractivity contribution in [1.82, 2.24) is 9.80 Å². The number of benzene rings is 2. The molecule has 0 N–H and O–H groups in total. The number of piperidine rings is 1. The van der Waals surface area contributed by atoms with Gasteiger partial charge < -0.3 is 14.7 Å². The van der Waals surface area contributed by atoms with Crippen molar-refractivity contribution in [3.8, 4) is 0 Å². The molecule has 0 radical (unpaired) electrons. The number of para-hydroxylation sites is 1. The predicted molar refractivity (Wildman–Crippen MR) is 125 cm³/mol. The SMILES string of the molecule is Cc1ccccc1N1CCN(C2CCCN(C(=O)c3ccc(N(C)C)cc3)C2)CC1. The summed E-state index contributed by atoms with van der Waals surface area (Å²) in [5.74, 6) is 0.170. The fourth-order valence-electron chi connectivity index (χ4n) is 4.77. The third-order valence-corrected chi connectivity index (χ3v) is 6.60. The molecule has 160 valence electrons. The Hall–Kier alpha value is -2.53. The van der Waals surface area contributed by atoms with Crippen molar-refractivity contribution in [3.05, 3.63) is 59.7 Å². The first-order chi connectivity index (χ1) is 14.5. The molecule has 1 amide bonds. The maximum Gasteiger partial charge on any atom is 0.253 e. The smallest absolute Gasteiger partial charge is 0.253 e. The first kappa shape index (κ1) is 20.7. The van der Waals surface area contributed by atoms with E-state index in [0.717, 1.165) is 56.9 Å². The lowest BCUT2D eigenvalue weighted by molar-refractivity contribution is 0.0563. The molecule has 1 unspecified atom stereocenters. The molecule has 0 aliphatic carbocycles. The van der Waals surface area contributed by atoms with Crippen molar-refractivity contribution in [1.29, 1.82) is 0 Å². The molecule has 2 aliphatic heterocycles. The van der Waals surface area contributed by atoms with Gasteiger partial charge in [0.2, 0.25) is 0 Å². The minimum absolute atomic E-state index is 0.170. The van der Waals surface area contributed by atoms with Crippen LogP contribution < -0.4 is 9.80 Å². The van der Waals surface area contributed by atoms with Crippen LogP contribution in [0, 0.1) is 6.92 Å². The standard InChI is InChI=1S/C25H34N4O/c1-20-7-4-5-9-24(20)28-17-15-27(16-18-28)23-8-6-14-29(19-23)25(30)21-10-12-22(13-11-21)26(2)3/h4-5,7,9-13,23H,6,8,14-19H2,1-3H3. The highest BCUT2D eigenvalue weighted by molar-refractivity contribution is 5.94. The summed E-state index contributed by atoms with van der Waals surface area (Å²) < 4.78 is 0. The molecule has 4 rings (SSSR count). The summed E-state index contributed by atoms with van der Waals surface area (Å²) >= 11 is 0. The summed E-state index contributed by atoms with van der Waals surface area (Å²) in [6.45, 7) is 8.16. The summed E-state index contributed by atoms with van der Waals surface area (Å²) in [7, 11) is 4.04. The topological polar surface area (TPSA) is 30.0 Å². The highest BCUT2D eigenvalue weighted by Crippen LogP contribution is 2.24. The average molecular weight is 407 g/mol. The van der Waals surface area contributed by atoms with E-state index >= 15 is 0 Å². The molecule has 0 bridgehead atoms. The number of carbonyl (C=O) groups is 1. The zero-order valence-electron chi connectivity index (χ0n) is 18.6. The number of aryl methyl sites for hydroxylation is 1. The fourth-order valence-corrected chi connectivity index (χ4v) is 4.77. The van der Waals surface area contributed by atoms with Crippen LogP contribution in [0.2, 0.25) is 0 Å². The number of hydrogen-bond donors (Lipinski definition) is 0. The van der Waals surface area contributed by atoms with Gasteiger partial charge in [0.05, 0.1) is 0 Å². The molecule has 2 saturated heterocycles. The molecular formula is C25H34N4O. The third kappa shape index (κ3) is 4.46. The van der Waals surface area contributed by atoms with Gasteiger partial charge in [0.15, 0.2) is 0 Å². The van der Waals surface area contributed by atoms with E-state index in [1.807, 2.05) is 38.4 Å². The Morgan fingerprint density at radius 3 is 2.30 bits per heavy atom. The number of piperazine rings is 1. The van der Waals surface area contributed by atoms with Crippen LogP contribution in [0.15, 0.2) is 48.5 Å². The molecule has 2 aliphatic rings. The first-order valence-corrected chi connectivity index (χ1v) is 11.1. The summed E-state index contributed by atoms with van der Waals surface area (Å²) in [6, 6.07) is 17.1. The normalized spacial score (nSPS) is 20.3. The number of amides is 1. The van der Waals surface area contributed by atoms with Gasteiger partial charge in [0.25, 0.3) is 5.91 Å². The minimum atomic E-state index is 0.170. The zero-order chi connectivity index (χ0) is 21.1. The summed E-state index contributed by atoms with van der Waals surface area (Å²) in [6.07, 6.45) is 2.28. The van der Waals surface area contributed by atoms with Gasteiger partial charge in [-0.25, -0.2) is 0 Å². The summed E-state index contributed by atoms with van der Waals surface area (Å²) in [5.41, 5.74) is 4.62. The van der Waals surface area contributed by atoms with E-state index in [2.05, 4.69) is 50.8 Å². The Morgan fingerprint density at radius 1 is 0.933 bits per heavy atom. The maximum atomic E-state index is 13.1. The molecular weight excluding hydrogens is 372 g/mol. The molecule has 1 atom stereocenters. The van der Waals surface area contributed by atoms with Crippen LogP contribution in [0.3, 0.4) is 0 Å². The molecule has 2 aromatic carbocycles. The van der Waals surface area contributed by atoms with Gasteiger partial charge in [-0.1, -0.05) is 18.2 Å². The van der Waals surface area contributed by atoms with Crippen LogP contribution >= 0.6 is 0 Å². The van der Waals surface area contributed by atoms with Crippen LogP contribution in [0.5, 0.6) is 0 Å². The van der Waals surface area contributed by atoms with Crippen LogP contribution in [0.1, 0.15) is 28.8 Å². The Morgan fingerprint density at radius 2 is 1.63 bits per heavy atom. The molecule has 5 heteroatoms. The van der Waals surface area contributed by atoms with E-state index in [1.54, 1.807) is 0 Å². The minimum Gasteiger partial charge on any atom is -0.378 e. The lowest BCUT2D eigenvalue weighted by Crippen LogP contribution is -2.56. The number of nitrogens with zero attached hydrogens (tertiary/aromatic N) is 4. The molecule has 2 aromatic rings. The van der Waals surface area contributed by atoms with Crippen LogP contribution in [-0.2, 0) is 0 Å². The molecule has 0 aromatic heterocycles. The van der Waals surface area contributed by atoms with Crippen LogP contribution in [-0.4, -0.2) is 75.1 Å². The average Bonchev–Trinajstić information content (AvgIpc) is 2.79. The predicted octanol–water partition coefficient (Wildman–Crippen LogP) is 3.49. The lowest BCUT2D eigenvalue weighted by atomic mass is 10.0. The summed E-state index contributed by atoms with van der Waals surface area (Å²) in [5, 5.41) is 0. The highest BCUT2D eigenvalue weighted by Gasteiger charge is 2.30. The Bertz CT molecular complexity index is 856. The maximum absolute atomic E-state index is 13.1. The van der Waals surface area contributed by atoms with Gasteiger partial charge in [-0.3, -0.25) is 9.69 Å². The second kappa shape index (κ2) is 9.09. The van der Waals surface area contributed by atoms with E-state index < -0.39 is 0 Å². The lowest BCUT2D eigenvalue weighted by Gasteiger charge is -2.44. The highest BCUT2D eigenvalue weighted by atomic mass is 16.2. The van der Waals surface area contributed by atoms with E-state index in [1.165, 1.54) is 17.7 Å². The molecule has 0 saturated carbocycles. The van der Waals surface area contributed by atoms with Crippen molar-refractivity contribution < 1.29 is 4.79 Å². The molecule has 30 heavy (non-hydrogen) atoms. The van der Waals surface area contributed by atoms with Crippen molar-refractivity contribution in [2.75, 3.05) is 63.2 Å². The number of hydrogen-bond acceptors (Lipinski definition) is 4. The van der Waals surface area contributed by atoms with Gasteiger partial charge in [-0.2, -0.15) is 0 Å². The van der Waals surface area contributed by atoms with Gasteiger partial charge in [-0.15, -0.1) is 0 Å². The quantitative estimate of drug-likeness (QED) is 0.778. The van der Waals surface area contributed by atoms with Gasteiger partial charge in [0, 0.05) is 76.3 Å². The number of likely N-dealkylation sites (tertiary alicyclic amines) is 1. The second-order valence-corrected chi connectivity index (χ2v) is 8.80. The Balaban J connectivity index is 1.35. The zero-order valence-corrected chi connectivity index (χ0v) is 18.6. The van der Waals surface area contributed by atoms with E-state index in [0.29, 0.717) is 6.04 Å². The monoisotopic (exact) mass is 406 g/mol. The van der Waals surface area contributed by atoms with Crippen molar-refractivity contribution in [3.63, 3.8) is 0 Å². The van der Waals surface area contributed by atoms with E-state index in [4.69, 9.17) is 0 Å². The number of rotatable bonds is 4. The number of carbonyl (C=O) groups excluding carboxylic acids is 1. The van der Waals surface area contributed by atoms with Crippen LogP contribution in [0.25, 0.3) is 0 Å². The Kier molecular flexibility index (Phi) is 6.28. The molecule has 0 spiro atoms. The molecule has 2 heterocycles. The van der Waals surface area contributed by atoms with Crippen LogP contribution in [0.4, 0.5) is 11.4 Å². The fraction of sp³-hybridized carbons (Fsp3) is 0.480. The summed E-state index contributed by atoms with van der Waals surface area (Å²) in [4.78, 5) is 22.3. The third-order valence-electron chi connectivity index (χ3n) is 6.60. The van der Waals surface area contributed by atoms with E-state index in [-0.39, 0.29) is 5.91 Å². The second-order valence-electron chi connectivity index (χ2n) is 8.80. The van der Waals surface area contributed by atoms with Crippen molar-refractivity contribution in [2.24, 2.45) is 0 Å². The largest absolute Gasteiger partial charge is 0.378 e. The first-order valence-electron chi connectivity index (χ1n) is 11.1. The van der Waals surface area contributed by atoms with Crippen molar-refractivity contribution >= 4 is 17.3 Å². The Labute approximate surface area is 180 Å². The molecule has 5 nitrogen and oxygen atoms in total. The van der Waals surface area contributed by atoms with Gasteiger partial charge >= 0.3 is 0 Å².